The van der Waals surface area contributed by atoms with Crippen LogP contribution in [0.2, 0.25) is 0 Å². The smallest absolute Gasteiger partial charge is 0.248 e. The largest absolute Gasteiger partial charge is 0.496 e. The first kappa shape index (κ1) is 10.3. The molecule has 2 aromatic rings. The molecule has 0 spiro atoms. The van der Waals surface area contributed by atoms with Crippen molar-refractivity contribution in [2.75, 3.05) is 7.11 Å². The Morgan fingerprint density at radius 1 is 1.38 bits per heavy atom. The van der Waals surface area contributed by atoms with Crippen LogP contribution in [0.4, 0.5) is 0 Å². The Hall–Kier alpha value is -2.23. The molecule has 82 valence electrons. The fraction of sp³-hybridized carbons (Fsp3) is 0.0833. The highest BCUT2D eigenvalue weighted by Crippen LogP contribution is 2.30. The molecule has 4 heteroatoms. The summed E-state index contributed by atoms with van der Waals surface area (Å²) < 4.78 is 10.5. The highest BCUT2D eigenvalue weighted by atomic mass is 16.5. The standard InChI is InChI=1S/C12H11NO3/c1-15-11-7-8(12(13)14)4-5-9(11)10-3-2-6-16-10/h2-7H,1H3,(H2,13,14). The summed E-state index contributed by atoms with van der Waals surface area (Å²) in [7, 11) is 1.53. The minimum absolute atomic E-state index is 0.409. The zero-order valence-electron chi connectivity index (χ0n) is 8.77. The highest BCUT2D eigenvalue weighted by Gasteiger charge is 2.10. The monoisotopic (exact) mass is 217 g/mol. The molecule has 0 saturated heterocycles. The van der Waals surface area contributed by atoms with E-state index >= 15 is 0 Å². The summed E-state index contributed by atoms with van der Waals surface area (Å²) in [6.45, 7) is 0. The van der Waals surface area contributed by atoms with Crippen molar-refractivity contribution in [3.8, 4) is 17.1 Å². The van der Waals surface area contributed by atoms with Gasteiger partial charge in [0, 0.05) is 5.56 Å². The number of rotatable bonds is 3. The van der Waals surface area contributed by atoms with E-state index in [4.69, 9.17) is 14.9 Å². The third-order valence-corrected chi connectivity index (χ3v) is 2.27. The average molecular weight is 217 g/mol. The Bertz CT molecular complexity index is 503. The van der Waals surface area contributed by atoms with E-state index in [1.54, 1.807) is 30.5 Å². The lowest BCUT2D eigenvalue weighted by atomic mass is 10.1. The summed E-state index contributed by atoms with van der Waals surface area (Å²) in [4.78, 5) is 11.0. The van der Waals surface area contributed by atoms with Crippen LogP contribution in [0.3, 0.4) is 0 Å². The van der Waals surface area contributed by atoms with Crippen LogP contribution in [0, 0.1) is 0 Å². The van der Waals surface area contributed by atoms with E-state index < -0.39 is 5.91 Å². The van der Waals surface area contributed by atoms with Crippen molar-refractivity contribution >= 4 is 5.91 Å². The van der Waals surface area contributed by atoms with E-state index in [1.165, 1.54) is 7.11 Å². The number of furan rings is 1. The van der Waals surface area contributed by atoms with Crippen LogP contribution in [-0.4, -0.2) is 13.0 Å². The predicted octanol–water partition coefficient (Wildman–Crippen LogP) is 2.05. The minimum Gasteiger partial charge on any atom is -0.496 e. The van der Waals surface area contributed by atoms with Gasteiger partial charge in [-0.25, -0.2) is 0 Å². The molecule has 2 N–H and O–H groups in total. The summed E-state index contributed by atoms with van der Waals surface area (Å²) >= 11 is 0. The summed E-state index contributed by atoms with van der Waals surface area (Å²) in [5.74, 6) is 0.767. The van der Waals surface area contributed by atoms with E-state index in [-0.39, 0.29) is 0 Å². The first-order chi connectivity index (χ1) is 7.72. The zero-order valence-corrected chi connectivity index (χ0v) is 8.77. The highest BCUT2D eigenvalue weighted by molar-refractivity contribution is 5.94. The van der Waals surface area contributed by atoms with Crippen molar-refractivity contribution < 1.29 is 13.9 Å². The Morgan fingerprint density at radius 3 is 2.75 bits per heavy atom. The van der Waals surface area contributed by atoms with Gasteiger partial charge in [0.05, 0.1) is 18.9 Å². The summed E-state index contributed by atoms with van der Waals surface area (Å²) in [6.07, 6.45) is 1.58. The van der Waals surface area contributed by atoms with E-state index in [0.29, 0.717) is 17.1 Å². The Balaban J connectivity index is 2.51. The van der Waals surface area contributed by atoms with Gasteiger partial charge >= 0.3 is 0 Å². The lowest BCUT2D eigenvalue weighted by Crippen LogP contribution is -2.10. The van der Waals surface area contributed by atoms with Gasteiger partial charge in [-0.3, -0.25) is 4.79 Å². The molecule has 1 aromatic heterocycles. The normalized spacial score (nSPS) is 10.1. The second-order valence-electron chi connectivity index (χ2n) is 3.26. The molecule has 16 heavy (non-hydrogen) atoms. The molecule has 1 amide bonds. The predicted molar refractivity (Wildman–Crippen MR) is 59.2 cm³/mol. The van der Waals surface area contributed by atoms with Gasteiger partial charge in [-0.05, 0) is 30.3 Å². The lowest BCUT2D eigenvalue weighted by Gasteiger charge is -2.07. The molecule has 2 rings (SSSR count). The molecule has 0 fully saturated rings. The molecular formula is C12H11NO3. The fourth-order valence-corrected chi connectivity index (χ4v) is 1.48. The number of methoxy groups -OCH3 is 1. The molecule has 4 nitrogen and oxygen atoms in total. The van der Waals surface area contributed by atoms with Gasteiger partial charge < -0.3 is 14.9 Å². The van der Waals surface area contributed by atoms with Crippen molar-refractivity contribution in [3.05, 3.63) is 42.2 Å². The molecular weight excluding hydrogens is 206 g/mol. The van der Waals surface area contributed by atoms with Crippen molar-refractivity contribution in [2.24, 2.45) is 5.73 Å². The van der Waals surface area contributed by atoms with Gasteiger partial charge in [0.15, 0.2) is 0 Å². The number of carbonyl (C=O) groups is 1. The number of hydrogen-bond acceptors (Lipinski definition) is 3. The van der Waals surface area contributed by atoms with Crippen molar-refractivity contribution in [1.82, 2.24) is 0 Å². The lowest BCUT2D eigenvalue weighted by molar-refractivity contribution is 0.1000. The first-order valence-corrected chi connectivity index (χ1v) is 4.74. The maximum absolute atomic E-state index is 11.0. The van der Waals surface area contributed by atoms with Crippen LogP contribution >= 0.6 is 0 Å². The van der Waals surface area contributed by atoms with E-state index in [9.17, 15) is 4.79 Å². The number of amides is 1. The maximum Gasteiger partial charge on any atom is 0.248 e. The van der Waals surface area contributed by atoms with Gasteiger partial charge in [-0.15, -0.1) is 0 Å². The zero-order chi connectivity index (χ0) is 11.5. The molecule has 0 atom stereocenters. The van der Waals surface area contributed by atoms with Gasteiger partial charge in [-0.2, -0.15) is 0 Å². The van der Waals surface area contributed by atoms with Crippen molar-refractivity contribution in [3.63, 3.8) is 0 Å². The molecule has 1 aromatic carbocycles. The first-order valence-electron chi connectivity index (χ1n) is 4.74. The molecule has 0 aliphatic rings. The number of nitrogens with two attached hydrogens (primary N) is 1. The van der Waals surface area contributed by atoms with Crippen LogP contribution < -0.4 is 10.5 Å². The summed E-state index contributed by atoms with van der Waals surface area (Å²) in [5.41, 5.74) is 6.39. The summed E-state index contributed by atoms with van der Waals surface area (Å²) in [6, 6.07) is 8.60. The van der Waals surface area contributed by atoms with Crippen molar-refractivity contribution in [2.45, 2.75) is 0 Å². The average Bonchev–Trinajstić information content (AvgIpc) is 2.81. The van der Waals surface area contributed by atoms with Crippen LogP contribution in [0.5, 0.6) is 5.75 Å². The van der Waals surface area contributed by atoms with Crippen LogP contribution in [0.15, 0.2) is 41.0 Å². The topological polar surface area (TPSA) is 65.5 Å². The number of hydrogen-bond donors (Lipinski definition) is 1. The van der Waals surface area contributed by atoms with Crippen LogP contribution in [0.25, 0.3) is 11.3 Å². The number of carbonyl (C=O) groups excluding carboxylic acids is 1. The molecule has 0 aliphatic carbocycles. The number of primary amides is 1. The van der Waals surface area contributed by atoms with Crippen LogP contribution in [-0.2, 0) is 0 Å². The van der Waals surface area contributed by atoms with Gasteiger partial charge in [0.1, 0.15) is 11.5 Å². The minimum atomic E-state index is -0.482. The maximum atomic E-state index is 11.0. The Labute approximate surface area is 92.6 Å². The van der Waals surface area contributed by atoms with E-state index in [1.807, 2.05) is 6.07 Å². The Morgan fingerprint density at radius 2 is 2.19 bits per heavy atom. The molecule has 0 aliphatic heterocycles. The molecule has 0 unspecified atom stereocenters. The van der Waals surface area contributed by atoms with Gasteiger partial charge in [-0.1, -0.05) is 0 Å². The third-order valence-electron chi connectivity index (χ3n) is 2.27. The second-order valence-corrected chi connectivity index (χ2v) is 3.26. The molecule has 1 heterocycles. The summed E-state index contributed by atoms with van der Waals surface area (Å²) in [5, 5.41) is 0. The van der Waals surface area contributed by atoms with E-state index in [0.717, 1.165) is 5.56 Å². The molecule has 0 bridgehead atoms. The fourth-order valence-electron chi connectivity index (χ4n) is 1.48. The number of ether oxygens (including phenoxy) is 1. The molecule has 0 saturated carbocycles. The quantitative estimate of drug-likeness (QED) is 0.855. The van der Waals surface area contributed by atoms with Gasteiger partial charge in [0.2, 0.25) is 5.91 Å². The third kappa shape index (κ3) is 1.77. The second kappa shape index (κ2) is 4.10. The van der Waals surface area contributed by atoms with Gasteiger partial charge in [0.25, 0.3) is 0 Å². The van der Waals surface area contributed by atoms with Crippen LogP contribution in [0.1, 0.15) is 10.4 Å². The van der Waals surface area contributed by atoms with E-state index in [2.05, 4.69) is 0 Å². The SMILES string of the molecule is COc1cc(C(N)=O)ccc1-c1ccco1. The van der Waals surface area contributed by atoms with Crippen molar-refractivity contribution in [1.29, 1.82) is 0 Å². The molecule has 0 radical (unpaired) electrons. The Kier molecular flexibility index (Phi) is 2.64. The number of benzene rings is 1.